The summed E-state index contributed by atoms with van der Waals surface area (Å²) in [5, 5.41) is 15.3. The number of carbonyl (C=O) groups is 3. The molecule has 2 aromatic rings. The van der Waals surface area contributed by atoms with Crippen LogP contribution in [-0.4, -0.2) is 35.4 Å². The lowest BCUT2D eigenvalue weighted by Crippen LogP contribution is -2.45. The van der Waals surface area contributed by atoms with Crippen molar-refractivity contribution in [3.8, 4) is 0 Å². The van der Waals surface area contributed by atoms with Crippen molar-refractivity contribution in [3.05, 3.63) is 58.3 Å². The molecule has 0 aliphatic heterocycles. The van der Waals surface area contributed by atoms with Gasteiger partial charge in [-0.2, -0.15) is 0 Å². The van der Waals surface area contributed by atoms with Gasteiger partial charge >= 0.3 is 5.97 Å². The highest BCUT2D eigenvalue weighted by Crippen LogP contribution is 2.21. The van der Waals surface area contributed by atoms with Crippen LogP contribution in [0.4, 0.5) is 15.8 Å². The molecule has 11 heteroatoms. The van der Waals surface area contributed by atoms with Crippen LogP contribution < -0.4 is 10.6 Å². The van der Waals surface area contributed by atoms with Crippen LogP contribution in [0.2, 0.25) is 0 Å². The molecule has 0 unspecified atom stereocenters. The van der Waals surface area contributed by atoms with Gasteiger partial charge in [0.25, 0.3) is 17.5 Å². The third-order valence-corrected chi connectivity index (χ3v) is 3.73. The average molecular weight is 407 g/mol. The maximum absolute atomic E-state index is 13.7. The van der Waals surface area contributed by atoms with Gasteiger partial charge in [-0.15, -0.1) is 0 Å². The Bertz CT molecular complexity index is 912. The van der Waals surface area contributed by atoms with Crippen molar-refractivity contribution in [2.24, 2.45) is 5.92 Å². The largest absolute Gasteiger partial charge is 0.459 e. The molecule has 0 aliphatic rings. The summed E-state index contributed by atoms with van der Waals surface area (Å²) in [6.07, 6.45) is 1.30. The van der Waals surface area contributed by atoms with Crippen LogP contribution in [0.1, 0.15) is 24.4 Å². The standard InChI is InChI=1S/C18H18FN3O7/c1-10(2)16(21-17(24)14-4-3-7-28-14)18(25)29-9-15(23)20-13-8-11(22(26)27)5-6-12(13)19/h3-8,10,16H,9H2,1-2H3,(H,20,23)(H,21,24)/t16-/m0/s1. The number of nitro groups is 1. The highest BCUT2D eigenvalue weighted by Gasteiger charge is 2.27. The Kier molecular flexibility index (Phi) is 7.01. The normalized spacial score (nSPS) is 11.6. The van der Waals surface area contributed by atoms with E-state index in [0.29, 0.717) is 0 Å². The van der Waals surface area contributed by atoms with Crippen LogP contribution in [0.15, 0.2) is 41.0 Å². The molecule has 0 aliphatic carbocycles. The number of amides is 2. The number of nitro benzene ring substituents is 1. The van der Waals surface area contributed by atoms with Crippen molar-refractivity contribution in [2.75, 3.05) is 11.9 Å². The SMILES string of the molecule is CC(C)[C@H](NC(=O)c1ccco1)C(=O)OCC(=O)Nc1cc([N+](=O)[O-])ccc1F. The van der Waals surface area contributed by atoms with Crippen LogP contribution in [0, 0.1) is 21.8 Å². The highest BCUT2D eigenvalue weighted by molar-refractivity contribution is 5.96. The monoisotopic (exact) mass is 407 g/mol. The zero-order chi connectivity index (χ0) is 21.6. The lowest BCUT2D eigenvalue weighted by atomic mass is 10.0. The smallest absolute Gasteiger partial charge is 0.329 e. The van der Waals surface area contributed by atoms with Crippen molar-refractivity contribution in [1.82, 2.24) is 5.32 Å². The lowest BCUT2D eigenvalue weighted by molar-refractivity contribution is -0.384. The minimum Gasteiger partial charge on any atom is -0.459 e. The second-order valence-electron chi connectivity index (χ2n) is 6.25. The van der Waals surface area contributed by atoms with Crippen molar-refractivity contribution in [2.45, 2.75) is 19.9 Å². The van der Waals surface area contributed by atoms with Gasteiger partial charge in [-0.1, -0.05) is 13.8 Å². The second kappa shape index (κ2) is 9.44. The number of ether oxygens (including phenoxy) is 1. The van der Waals surface area contributed by atoms with E-state index in [1.165, 1.54) is 18.4 Å². The minimum atomic E-state index is -1.06. The number of furan rings is 1. The molecule has 2 N–H and O–H groups in total. The second-order valence-corrected chi connectivity index (χ2v) is 6.25. The van der Waals surface area contributed by atoms with E-state index in [1.54, 1.807) is 13.8 Å². The number of carbonyl (C=O) groups excluding carboxylic acids is 3. The molecule has 0 saturated carbocycles. The molecule has 0 fully saturated rings. The van der Waals surface area contributed by atoms with E-state index < -0.39 is 52.5 Å². The van der Waals surface area contributed by atoms with Gasteiger partial charge < -0.3 is 19.8 Å². The Morgan fingerprint density at radius 3 is 2.59 bits per heavy atom. The van der Waals surface area contributed by atoms with Crippen molar-refractivity contribution in [1.29, 1.82) is 0 Å². The summed E-state index contributed by atoms with van der Waals surface area (Å²) in [5.74, 6) is -3.66. The molecule has 1 atom stereocenters. The Labute approximate surface area is 164 Å². The Hall–Kier alpha value is -3.76. The van der Waals surface area contributed by atoms with Crippen LogP contribution in [0.25, 0.3) is 0 Å². The topological polar surface area (TPSA) is 141 Å². The zero-order valence-corrected chi connectivity index (χ0v) is 15.5. The van der Waals surface area contributed by atoms with Gasteiger partial charge in [0.15, 0.2) is 12.4 Å². The fourth-order valence-corrected chi connectivity index (χ4v) is 2.25. The molecule has 29 heavy (non-hydrogen) atoms. The van der Waals surface area contributed by atoms with Crippen molar-refractivity contribution >= 4 is 29.2 Å². The van der Waals surface area contributed by atoms with Gasteiger partial charge in [0.1, 0.15) is 11.9 Å². The molecular weight excluding hydrogens is 389 g/mol. The van der Waals surface area contributed by atoms with Crippen LogP contribution >= 0.6 is 0 Å². The van der Waals surface area contributed by atoms with Gasteiger partial charge in [-0.3, -0.25) is 19.7 Å². The molecule has 0 bridgehead atoms. The maximum atomic E-state index is 13.7. The van der Waals surface area contributed by atoms with Crippen molar-refractivity contribution in [3.63, 3.8) is 0 Å². The number of benzene rings is 1. The van der Waals surface area contributed by atoms with Crippen LogP contribution in [0.5, 0.6) is 0 Å². The lowest BCUT2D eigenvalue weighted by Gasteiger charge is -2.20. The molecular formula is C18H18FN3O7. The molecule has 0 saturated heterocycles. The van der Waals surface area contributed by atoms with E-state index in [4.69, 9.17) is 9.15 Å². The van der Waals surface area contributed by atoms with E-state index in [1.807, 2.05) is 0 Å². The number of halogens is 1. The van der Waals surface area contributed by atoms with Gasteiger partial charge in [0.05, 0.1) is 16.9 Å². The quantitative estimate of drug-likeness (QED) is 0.388. The summed E-state index contributed by atoms with van der Waals surface area (Å²) in [6, 6.07) is 4.48. The minimum absolute atomic E-state index is 0.00217. The van der Waals surface area contributed by atoms with Gasteiger partial charge in [-0.05, 0) is 24.1 Å². The first kappa shape index (κ1) is 21.5. The number of nitrogens with one attached hydrogen (secondary N) is 2. The fourth-order valence-electron chi connectivity index (χ4n) is 2.25. The molecule has 1 aromatic carbocycles. The van der Waals surface area contributed by atoms with E-state index in [0.717, 1.165) is 18.2 Å². The molecule has 1 heterocycles. The van der Waals surface area contributed by atoms with E-state index >= 15 is 0 Å². The van der Waals surface area contributed by atoms with Crippen LogP contribution in [-0.2, 0) is 14.3 Å². The van der Waals surface area contributed by atoms with E-state index in [2.05, 4.69) is 10.6 Å². The number of anilines is 1. The third-order valence-electron chi connectivity index (χ3n) is 3.73. The Balaban J connectivity index is 1.95. The van der Waals surface area contributed by atoms with Crippen LogP contribution in [0.3, 0.4) is 0 Å². The number of rotatable bonds is 8. The predicted octanol–water partition coefficient (Wildman–Crippen LogP) is 2.26. The first-order valence-electron chi connectivity index (χ1n) is 8.44. The maximum Gasteiger partial charge on any atom is 0.329 e. The molecule has 2 rings (SSSR count). The first-order valence-corrected chi connectivity index (χ1v) is 8.44. The fraction of sp³-hybridized carbons (Fsp3) is 0.278. The number of hydrogen-bond donors (Lipinski definition) is 2. The average Bonchev–Trinajstić information content (AvgIpc) is 3.20. The number of hydrogen-bond acceptors (Lipinski definition) is 7. The molecule has 0 spiro atoms. The summed E-state index contributed by atoms with van der Waals surface area (Å²) in [7, 11) is 0. The number of nitrogens with zero attached hydrogens (tertiary/aromatic N) is 1. The van der Waals surface area contributed by atoms with E-state index in [-0.39, 0.29) is 11.7 Å². The molecule has 2 amide bonds. The Morgan fingerprint density at radius 2 is 2.00 bits per heavy atom. The molecule has 1 aromatic heterocycles. The van der Waals surface area contributed by atoms with Gasteiger partial charge in [0, 0.05) is 12.1 Å². The predicted molar refractivity (Wildman–Crippen MR) is 97.4 cm³/mol. The van der Waals surface area contributed by atoms with E-state index in [9.17, 15) is 28.9 Å². The summed E-state index contributed by atoms with van der Waals surface area (Å²) in [6.45, 7) is 2.54. The van der Waals surface area contributed by atoms with Gasteiger partial charge in [0.2, 0.25) is 0 Å². The summed E-state index contributed by atoms with van der Waals surface area (Å²) < 4.78 is 23.5. The summed E-state index contributed by atoms with van der Waals surface area (Å²) in [5.41, 5.74) is -0.842. The number of esters is 1. The van der Waals surface area contributed by atoms with Gasteiger partial charge in [-0.25, -0.2) is 9.18 Å². The zero-order valence-electron chi connectivity index (χ0n) is 15.5. The first-order chi connectivity index (χ1) is 13.7. The summed E-state index contributed by atoms with van der Waals surface area (Å²) in [4.78, 5) is 46.2. The molecule has 10 nitrogen and oxygen atoms in total. The number of non-ortho nitro benzene ring substituents is 1. The van der Waals surface area contributed by atoms with Crippen molar-refractivity contribution < 1.29 is 32.9 Å². The molecule has 154 valence electrons. The Morgan fingerprint density at radius 1 is 1.28 bits per heavy atom. The third kappa shape index (κ3) is 5.86. The molecule has 0 radical (unpaired) electrons. The highest BCUT2D eigenvalue weighted by atomic mass is 19.1. The summed E-state index contributed by atoms with van der Waals surface area (Å²) >= 11 is 0.